The van der Waals surface area contributed by atoms with E-state index in [-0.39, 0.29) is 23.8 Å². The van der Waals surface area contributed by atoms with Gasteiger partial charge in [0.25, 0.3) is 0 Å². The maximum Gasteiger partial charge on any atom is 0.244 e. The van der Waals surface area contributed by atoms with Gasteiger partial charge in [0.1, 0.15) is 10.6 Å². The molecule has 2 aromatic rings. The van der Waals surface area contributed by atoms with Crippen molar-refractivity contribution < 1.29 is 13.2 Å². The Labute approximate surface area is 143 Å². The minimum absolute atomic E-state index is 0. The average molecular weight is 357 g/mol. The first-order valence-corrected chi connectivity index (χ1v) is 8.37. The summed E-state index contributed by atoms with van der Waals surface area (Å²) in [6, 6.07) is 14.0. The summed E-state index contributed by atoms with van der Waals surface area (Å²) in [5.74, 6) is 0.311. The Kier molecular flexibility index (Phi) is 7.02. The van der Waals surface area contributed by atoms with E-state index in [0.29, 0.717) is 5.75 Å². The van der Waals surface area contributed by atoms with Gasteiger partial charge in [0.2, 0.25) is 10.0 Å². The second-order valence-corrected chi connectivity index (χ2v) is 6.76. The molecule has 0 aromatic heterocycles. The lowest BCUT2D eigenvalue weighted by Gasteiger charge is -2.15. The van der Waals surface area contributed by atoms with Crippen LogP contribution in [-0.4, -0.2) is 22.1 Å². The van der Waals surface area contributed by atoms with Gasteiger partial charge in [0, 0.05) is 12.6 Å². The standard InChI is InChI=1S/C16H20N2O3S.ClH/c1-12-8-9-15(21-2)16(10-12)22(19,20)18-11-14(17)13-6-4-3-5-7-13;/h3-10,14,18H,11,17H2,1-2H3;1H. The fourth-order valence-electron chi connectivity index (χ4n) is 2.09. The summed E-state index contributed by atoms with van der Waals surface area (Å²) in [6.07, 6.45) is 0. The molecule has 2 rings (SSSR count). The van der Waals surface area contributed by atoms with Crippen LogP contribution in [0.2, 0.25) is 0 Å². The molecular weight excluding hydrogens is 336 g/mol. The highest BCUT2D eigenvalue weighted by Gasteiger charge is 2.20. The lowest BCUT2D eigenvalue weighted by molar-refractivity contribution is 0.402. The van der Waals surface area contributed by atoms with E-state index in [2.05, 4.69) is 4.72 Å². The Hall–Kier alpha value is -1.60. The molecule has 23 heavy (non-hydrogen) atoms. The van der Waals surface area contributed by atoms with Gasteiger partial charge in [-0.1, -0.05) is 36.4 Å². The molecule has 0 fully saturated rings. The van der Waals surface area contributed by atoms with Crippen molar-refractivity contribution in [1.29, 1.82) is 0 Å². The normalized spacial score (nSPS) is 12.3. The molecule has 3 N–H and O–H groups in total. The molecule has 0 bridgehead atoms. The van der Waals surface area contributed by atoms with Crippen LogP contribution in [0.5, 0.6) is 5.75 Å². The molecular formula is C16H21ClN2O3S. The topological polar surface area (TPSA) is 81.4 Å². The van der Waals surface area contributed by atoms with Crippen LogP contribution in [0.15, 0.2) is 53.4 Å². The first kappa shape index (κ1) is 19.4. The van der Waals surface area contributed by atoms with Crippen LogP contribution in [0.3, 0.4) is 0 Å². The Bertz CT molecular complexity index is 736. The quantitative estimate of drug-likeness (QED) is 0.832. The zero-order chi connectivity index (χ0) is 16.2. The van der Waals surface area contributed by atoms with E-state index in [1.807, 2.05) is 37.3 Å². The van der Waals surface area contributed by atoms with E-state index in [1.54, 1.807) is 18.2 Å². The number of nitrogens with two attached hydrogens (primary N) is 1. The highest BCUT2D eigenvalue weighted by molar-refractivity contribution is 7.89. The van der Waals surface area contributed by atoms with Gasteiger partial charge in [-0.05, 0) is 30.2 Å². The van der Waals surface area contributed by atoms with E-state index >= 15 is 0 Å². The Balaban J connectivity index is 0.00000264. The number of halogens is 1. The zero-order valence-electron chi connectivity index (χ0n) is 13.0. The van der Waals surface area contributed by atoms with Gasteiger partial charge in [-0.2, -0.15) is 0 Å². The van der Waals surface area contributed by atoms with Gasteiger partial charge in [0.15, 0.2) is 0 Å². The molecule has 0 spiro atoms. The molecule has 0 heterocycles. The minimum Gasteiger partial charge on any atom is -0.495 e. The highest BCUT2D eigenvalue weighted by Crippen LogP contribution is 2.24. The molecule has 0 amide bonds. The summed E-state index contributed by atoms with van der Waals surface area (Å²) in [5, 5.41) is 0. The van der Waals surface area contributed by atoms with Crippen molar-refractivity contribution in [1.82, 2.24) is 4.72 Å². The summed E-state index contributed by atoms with van der Waals surface area (Å²) in [4.78, 5) is 0.121. The number of ether oxygens (including phenoxy) is 1. The van der Waals surface area contributed by atoms with Crippen LogP contribution < -0.4 is 15.2 Å². The number of sulfonamides is 1. The van der Waals surface area contributed by atoms with E-state index < -0.39 is 16.1 Å². The van der Waals surface area contributed by atoms with Gasteiger partial charge < -0.3 is 10.5 Å². The SMILES string of the molecule is COc1ccc(C)cc1S(=O)(=O)NCC(N)c1ccccc1.Cl. The average Bonchev–Trinajstić information content (AvgIpc) is 2.53. The number of methoxy groups -OCH3 is 1. The van der Waals surface area contributed by atoms with Crippen LogP contribution in [0.1, 0.15) is 17.2 Å². The number of hydrogen-bond acceptors (Lipinski definition) is 4. The molecule has 1 unspecified atom stereocenters. The molecule has 7 heteroatoms. The molecule has 0 aliphatic carbocycles. The molecule has 5 nitrogen and oxygen atoms in total. The molecule has 0 saturated heterocycles. The molecule has 0 aliphatic heterocycles. The number of benzene rings is 2. The lowest BCUT2D eigenvalue weighted by Crippen LogP contribution is -2.32. The fraction of sp³-hybridized carbons (Fsp3) is 0.250. The minimum atomic E-state index is -3.68. The van der Waals surface area contributed by atoms with Gasteiger partial charge in [0.05, 0.1) is 7.11 Å². The second kappa shape index (κ2) is 8.31. The number of rotatable bonds is 6. The molecule has 0 aliphatic rings. The molecule has 0 radical (unpaired) electrons. The number of nitrogens with one attached hydrogen (secondary N) is 1. The summed E-state index contributed by atoms with van der Waals surface area (Å²) in [7, 11) is -2.24. The molecule has 126 valence electrons. The van der Waals surface area contributed by atoms with Crippen LogP contribution >= 0.6 is 12.4 Å². The van der Waals surface area contributed by atoms with E-state index in [9.17, 15) is 8.42 Å². The summed E-state index contributed by atoms with van der Waals surface area (Å²) < 4.78 is 32.6. The third-order valence-corrected chi connectivity index (χ3v) is 4.77. The van der Waals surface area contributed by atoms with Gasteiger partial charge in [-0.3, -0.25) is 0 Å². The Morgan fingerprint density at radius 1 is 1.17 bits per heavy atom. The Morgan fingerprint density at radius 3 is 2.43 bits per heavy atom. The lowest BCUT2D eigenvalue weighted by atomic mass is 10.1. The van der Waals surface area contributed by atoms with Crippen molar-refractivity contribution in [3.05, 3.63) is 59.7 Å². The van der Waals surface area contributed by atoms with E-state index in [1.165, 1.54) is 7.11 Å². The summed E-state index contributed by atoms with van der Waals surface area (Å²) in [6.45, 7) is 1.94. The van der Waals surface area contributed by atoms with Crippen molar-refractivity contribution in [3.8, 4) is 5.75 Å². The second-order valence-electron chi connectivity index (χ2n) is 5.02. The van der Waals surface area contributed by atoms with E-state index in [4.69, 9.17) is 10.5 Å². The molecule has 0 saturated carbocycles. The summed E-state index contributed by atoms with van der Waals surface area (Å²) in [5.41, 5.74) is 7.74. The maximum atomic E-state index is 12.5. The van der Waals surface area contributed by atoms with Crippen LogP contribution in [0.25, 0.3) is 0 Å². The predicted molar refractivity (Wildman–Crippen MR) is 93.5 cm³/mol. The van der Waals surface area contributed by atoms with Gasteiger partial charge >= 0.3 is 0 Å². The van der Waals surface area contributed by atoms with Crippen molar-refractivity contribution in [2.75, 3.05) is 13.7 Å². The fourth-order valence-corrected chi connectivity index (χ4v) is 3.40. The van der Waals surface area contributed by atoms with Crippen molar-refractivity contribution >= 4 is 22.4 Å². The van der Waals surface area contributed by atoms with Crippen molar-refractivity contribution in [2.45, 2.75) is 17.9 Å². The predicted octanol–water partition coefficient (Wildman–Crippen LogP) is 2.40. The first-order chi connectivity index (χ1) is 10.4. The number of aryl methyl sites for hydroxylation is 1. The first-order valence-electron chi connectivity index (χ1n) is 6.89. The van der Waals surface area contributed by atoms with Crippen LogP contribution in [0.4, 0.5) is 0 Å². The number of hydrogen-bond donors (Lipinski definition) is 2. The van der Waals surface area contributed by atoms with Crippen molar-refractivity contribution in [2.24, 2.45) is 5.73 Å². The zero-order valence-corrected chi connectivity index (χ0v) is 14.7. The van der Waals surface area contributed by atoms with Crippen molar-refractivity contribution in [3.63, 3.8) is 0 Å². The van der Waals surface area contributed by atoms with Gasteiger partial charge in [-0.15, -0.1) is 12.4 Å². The Morgan fingerprint density at radius 2 is 1.83 bits per heavy atom. The third-order valence-electron chi connectivity index (χ3n) is 3.33. The highest BCUT2D eigenvalue weighted by atomic mass is 35.5. The van der Waals surface area contributed by atoms with Gasteiger partial charge in [-0.25, -0.2) is 13.1 Å². The smallest absolute Gasteiger partial charge is 0.244 e. The monoisotopic (exact) mass is 356 g/mol. The largest absolute Gasteiger partial charge is 0.495 e. The summed E-state index contributed by atoms with van der Waals surface area (Å²) >= 11 is 0. The van der Waals surface area contributed by atoms with Crippen LogP contribution in [-0.2, 0) is 10.0 Å². The maximum absolute atomic E-state index is 12.5. The molecule has 1 atom stereocenters. The van der Waals surface area contributed by atoms with E-state index in [0.717, 1.165) is 11.1 Å². The third kappa shape index (κ3) is 4.94. The molecule has 2 aromatic carbocycles. The van der Waals surface area contributed by atoms with Crippen LogP contribution in [0, 0.1) is 6.92 Å².